The second kappa shape index (κ2) is 8.94. The predicted octanol–water partition coefficient (Wildman–Crippen LogP) is 2.39. The molecule has 0 unspecified atom stereocenters. The molecule has 1 amide bonds. The third-order valence-corrected chi connectivity index (χ3v) is 7.84. The van der Waals surface area contributed by atoms with Crippen molar-refractivity contribution in [1.29, 1.82) is 5.41 Å². The van der Waals surface area contributed by atoms with Gasteiger partial charge in [-0.2, -0.15) is 17.8 Å². The van der Waals surface area contributed by atoms with Crippen LogP contribution in [0.4, 0.5) is 0 Å². The smallest absolute Gasteiger partial charge is 0.339 e. The third kappa shape index (κ3) is 4.85. The summed E-state index contributed by atoms with van der Waals surface area (Å²) in [5, 5.41) is 7.97. The predicted molar refractivity (Wildman–Crippen MR) is 132 cm³/mol. The SMILES string of the molecule is COc1cc(/C=C2/C(=N)N3C(=NC2=O)SN=C3S(C)(=O)=O)ccc1OS(=O)(=O)c1ccc(C)cc1. The Labute approximate surface area is 205 Å². The Balaban J connectivity index is 1.66. The van der Waals surface area contributed by atoms with Gasteiger partial charge in [-0.1, -0.05) is 23.8 Å². The zero-order chi connectivity index (χ0) is 25.5. The minimum Gasteiger partial charge on any atom is -0.493 e. The largest absolute Gasteiger partial charge is 0.493 e. The number of hydrogen-bond donors (Lipinski definition) is 1. The zero-order valence-electron chi connectivity index (χ0n) is 18.5. The first-order valence-electron chi connectivity index (χ1n) is 9.79. The molecule has 182 valence electrons. The van der Waals surface area contributed by atoms with Gasteiger partial charge in [0, 0.05) is 6.26 Å². The molecule has 2 aliphatic heterocycles. The van der Waals surface area contributed by atoms with Crippen molar-refractivity contribution in [3.05, 3.63) is 59.2 Å². The van der Waals surface area contributed by atoms with Crippen LogP contribution in [0.15, 0.2) is 62.3 Å². The molecule has 0 aliphatic carbocycles. The van der Waals surface area contributed by atoms with E-state index in [0.29, 0.717) is 17.5 Å². The third-order valence-electron chi connectivity index (χ3n) is 4.83. The van der Waals surface area contributed by atoms with Crippen molar-refractivity contribution >= 4 is 60.1 Å². The van der Waals surface area contributed by atoms with Gasteiger partial charge in [0.25, 0.3) is 5.91 Å². The van der Waals surface area contributed by atoms with Gasteiger partial charge in [0.05, 0.1) is 24.6 Å². The van der Waals surface area contributed by atoms with Crippen LogP contribution in [-0.2, 0) is 24.7 Å². The number of methoxy groups -OCH3 is 1. The maximum Gasteiger partial charge on any atom is 0.339 e. The summed E-state index contributed by atoms with van der Waals surface area (Å²) >= 11 is 0.692. The van der Waals surface area contributed by atoms with Crippen molar-refractivity contribution in [2.75, 3.05) is 13.4 Å². The molecule has 0 bridgehead atoms. The molecule has 0 fully saturated rings. The number of nitrogens with zero attached hydrogens (tertiary/aromatic N) is 3. The summed E-state index contributed by atoms with van der Waals surface area (Å²) < 4.78 is 63.6. The summed E-state index contributed by atoms with van der Waals surface area (Å²) in [5.41, 5.74) is 1.06. The number of carbonyl (C=O) groups excluding carboxylic acids is 1. The van der Waals surface area contributed by atoms with Crippen molar-refractivity contribution in [3.8, 4) is 11.5 Å². The van der Waals surface area contributed by atoms with Crippen LogP contribution >= 0.6 is 11.9 Å². The topological polar surface area (TPSA) is 156 Å². The lowest BCUT2D eigenvalue weighted by Crippen LogP contribution is -2.45. The van der Waals surface area contributed by atoms with E-state index in [1.165, 1.54) is 43.5 Å². The Morgan fingerprint density at radius 2 is 1.74 bits per heavy atom. The summed E-state index contributed by atoms with van der Waals surface area (Å²) in [6.07, 6.45) is 2.26. The number of amidine groups is 3. The van der Waals surface area contributed by atoms with Crippen LogP contribution in [0.3, 0.4) is 0 Å². The highest BCUT2D eigenvalue weighted by molar-refractivity contribution is 8.16. The molecule has 0 spiro atoms. The fourth-order valence-corrected chi connectivity index (χ4v) is 5.90. The summed E-state index contributed by atoms with van der Waals surface area (Å²) in [5.74, 6) is -1.18. The lowest BCUT2D eigenvalue weighted by atomic mass is 10.1. The number of aliphatic imine (C=N–C) groups is 1. The van der Waals surface area contributed by atoms with E-state index in [1.807, 2.05) is 6.92 Å². The first kappa shape index (κ1) is 24.6. The molecule has 11 nitrogen and oxygen atoms in total. The van der Waals surface area contributed by atoms with Gasteiger partial charge in [0.15, 0.2) is 11.5 Å². The lowest BCUT2D eigenvalue weighted by Gasteiger charge is -2.23. The van der Waals surface area contributed by atoms with E-state index in [2.05, 4.69) is 9.39 Å². The van der Waals surface area contributed by atoms with Crippen LogP contribution in [0.2, 0.25) is 0 Å². The maximum absolute atomic E-state index is 12.6. The molecule has 4 rings (SSSR count). The highest BCUT2D eigenvalue weighted by Gasteiger charge is 2.41. The second-order valence-corrected chi connectivity index (χ2v) is 11.6. The Hall–Kier alpha value is -3.49. The minimum absolute atomic E-state index is 0.0276. The van der Waals surface area contributed by atoms with Gasteiger partial charge in [-0.05, 0) is 42.8 Å². The van der Waals surface area contributed by atoms with Gasteiger partial charge >= 0.3 is 10.1 Å². The monoisotopic (exact) mass is 534 g/mol. The fraction of sp³-hybridized carbons (Fsp3) is 0.143. The van der Waals surface area contributed by atoms with Crippen LogP contribution in [0.25, 0.3) is 6.08 Å². The van der Waals surface area contributed by atoms with E-state index < -0.39 is 36.9 Å². The molecule has 0 saturated carbocycles. The molecular formula is C21H18N4O7S3. The van der Waals surface area contributed by atoms with E-state index in [1.54, 1.807) is 12.1 Å². The molecule has 1 N–H and O–H groups in total. The van der Waals surface area contributed by atoms with Crippen molar-refractivity contribution < 1.29 is 30.6 Å². The number of benzene rings is 2. The molecule has 0 atom stereocenters. The van der Waals surface area contributed by atoms with E-state index in [0.717, 1.165) is 16.7 Å². The average Bonchev–Trinajstić information content (AvgIpc) is 3.22. The van der Waals surface area contributed by atoms with Crippen LogP contribution in [0.1, 0.15) is 11.1 Å². The molecule has 14 heteroatoms. The number of amides is 1. The number of rotatable bonds is 5. The van der Waals surface area contributed by atoms with Crippen LogP contribution in [0.5, 0.6) is 11.5 Å². The highest BCUT2D eigenvalue weighted by Crippen LogP contribution is 2.33. The molecule has 2 aromatic rings. The molecule has 2 aliphatic rings. The van der Waals surface area contributed by atoms with Crippen LogP contribution < -0.4 is 8.92 Å². The van der Waals surface area contributed by atoms with Crippen LogP contribution in [0, 0.1) is 12.3 Å². The Kier molecular flexibility index (Phi) is 6.29. The van der Waals surface area contributed by atoms with Gasteiger partial charge < -0.3 is 8.92 Å². The molecule has 2 heterocycles. The van der Waals surface area contributed by atoms with Gasteiger partial charge in [-0.3, -0.25) is 10.2 Å². The molecule has 0 aromatic heterocycles. The Morgan fingerprint density at radius 1 is 1.06 bits per heavy atom. The van der Waals surface area contributed by atoms with Crippen molar-refractivity contribution in [2.24, 2.45) is 9.39 Å². The van der Waals surface area contributed by atoms with E-state index >= 15 is 0 Å². The van der Waals surface area contributed by atoms with E-state index in [4.69, 9.17) is 14.3 Å². The van der Waals surface area contributed by atoms with Crippen molar-refractivity contribution in [2.45, 2.75) is 11.8 Å². The number of fused-ring (bicyclic) bond motifs is 1. The summed E-state index contributed by atoms with van der Waals surface area (Å²) in [4.78, 5) is 17.3. The number of carbonyl (C=O) groups is 1. The first-order chi connectivity index (χ1) is 16.4. The zero-order valence-corrected chi connectivity index (χ0v) is 21.0. The molecule has 0 saturated heterocycles. The number of aryl methyl sites for hydroxylation is 1. The average molecular weight is 535 g/mol. The molecule has 2 aromatic carbocycles. The van der Waals surface area contributed by atoms with Gasteiger partial charge in [-0.25, -0.2) is 13.3 Å². The number of ether oxygens (including phenoxy) is 1. The summed E-state index contributed by atoms with van der Waals surface area (Å²) in [6.45, 7) is 1.83. The quantitative estimate of drug-likeness (QED) is 0.346. The van der Waals surface area contributed by atoms with Crippen molar-refractivity contribution in [3.63, 3.8) is 0 Å². The number of nitrogens with one attached hydrogen (secondary N) is 1. The lowest BCUT2D eigenvalue weighted by molar-refractivity contribution is -0.114. The number of hydrogen-bond acceptors (Lipinski definition) is 10. The first-order valence-corrected chi connectivity index (χ1v) is 13.9. The maximum atomic E-state index is 12.6. The van der Waals surface area contributed by atoms with Gasteiger partial charge in [-0.15, -0.1) is 0 Å². The molecule has 0 radical (unpaired) electrons. The minimum atomic E-state index is -4.13. The van der Waals surface area contributed by atoms with Gasteiger partial charge in [0.2, 0.25) is 20.2 Å². The molecular weight excluding hydrogens is 516 g/mol. The standard InChI is InChI=1S/C21H18N4O7S3/c1-12-4-7-14(8-5-12)35(29,30)32-16-9-6-13(11-17(16)31-2)10-15-18(22)25-20(23-19(15)26)33-24-21(25)34(3,27)28/h4-11,22H,1-3H3/b15-10-,22-18?. The number of sulfone groups is 1. The normalized spacial score (nSPS) is 17.2. The molecule has 35 heavy (non-hydrogen) atoms. The Bertz CT molecular complexity index is 1560. The second-order valence-electron chi connectivity index (χ2n) is 7.44. The summed E-state index contributed by atoms with van der Waals surface area (Å²) in [6, 6.07) is 10.4. The van der Waals surface area contributed by atoms with E-state index in [9.17, 15) is 21.6 Å². The van der Waals surface area contributed by atoms with Crippen LogP contribution in [-0.4, -0.2) is 57.2 Å². The Morgan fingerprint density at radius 3 is 2.37 bits per heavy atom. The van der Waals surface area contributed by atoms with Crippen molar-refractivity contribution in [1.82, 2.24) is 4.90 Å². The fourth-order valence-electron chi connectivity index (χ4n) is 3.12. The summed E-state index contributed by atoms with van der Waals surface area (Å²) in [7, 11) is -6.59. The van der Waals surface area contributed by atoms with E-state index in [-0.39, 0.29) is 27.1 Å². The van der Waals surface area contributed by atoms with Gasteiger partial charge in [0.1, 0.15) is 10.7 Å². The highest BCUT2D eigenvalue weighted by atomic mass is 32.2.